The maximum Gasteiger partial charge on any atom is 0.573 e. The molecule has 2 saturated heterocycles. The standard InChI is InChI=1S/C13H14F3N3O2.C4H10O3S/c14-13(15,16)21-11-3-1-9(2-4-11)19-7-10-5-8(17)6-18(10)12(19)20;1-4(2)3-8(5,6)7/h1-4,8,10H,5-7,17H2;4H,3H2,1-2H3,(H,5,6,7)/t8-,10+;/m1./s1. The predicted molar refractivity (Wildman–Crippen MR) is 100 cm³/mol. The molecule has 0 unspecified atom stereocenters. The zero-order chi connectivity index (χ0) is 22.0. The number of benzene rings is 1. The predicted octanol–water partition coefficient (Wildman–Crippen LogP) is 2.46. The van der Waals surface area contributed by atoms with Crippen LogP contribution in [0.2, 0.25) is 0 Å². The first-order valence-electron chi connectivity index (χ1n) is 8.90. The van der Waals surface area contributed by atoms with E-state index in [2.05, 4.69) is 4.74 Å². The number of amides is 2. The van der Waals surface area contributed by atoms with Crippen LogP contribution in [0.1, 0.15) is 20.3 Å². The Hall–Kier alpha value is -2.05. The molecule has 2 fully saturated rings. The number of halogens is 3. The monoisotopic (exact) mass is 439 g/mol. The van der Waals surface area contributed by atoms with Crippen LogP contribution in [-0.2, 0) is 10.1 Å². The van der Waals surface area contributed by atoms with Gasteiger partial charge in [0.15, 0.2) is 0 Å². The second-order valence-electron chi connectivity index (χ2n) is 7.38. The molecule has 12 heteroatoms. The van der Waals surface area contributed by atoms with Gasteiger partial charge in [-0.25, -0.2) is 4.79 Å². The molecule has 0 aromatic heterocycles. The zero-order valence-corrected chi connectivity index (χ0v) is 16.8. The summed E-state index contributed by atoms with van der Waals surface area (Å²) in [6.45, 7) is 4.49. The van der Waals surface area contributed by atoms with Crippen molar-refractivity contribution in [2.24, 2.45) is 11.7 Å². The van der Waals surface area contributed by atoms with E-state index in [0.717, 1.165) is 6.42 Å². The van der Waals surface area contributed by atoms with Gasteiger partial charge in [0.2, 0.25) is 0 Å². The van der Waals surface area contributed by atoms with Crippen LogP contribution < -0.4 is 15.4 Å². The molecule has 164 valence electrons. The molecule has 2 heterocycles. The molecule has 0 bridgehead atoms. The summed E-state index contributed by atoms with van der Waals surface area (Å²) in [5.74, 6) is -0.446. The molecule has 2 aliphatic rings. The van der Waals surface area contributed by atoms with Crippen molar-refractivity contribution >= 4 is 21.8 Å². The van der Waals surface area contributed by atoms with Gasteiger partial charge in [0, 0.05) is 24.8 Å². The molecule has 2 atom stereocenters. The molecular formula is C17H24F3N3O5S. The maximum absolute atomic E-state index is 12.2. The summed E-state index contributed by atoms with van der Waals surface area (Å²) in [7, 11) is -3.72. The number of carbonyl (C=O) groups is 1. The van der Waals surface area contributed by atoms with Gasteiger partial charge < -0.3 is 15.4 Å². The Balaban J connectivity index is 0.000000321. The Morgan fingerprint density at radius 3 is 2.24 bits per heavy atom. The van der Waals surface area contributed by atoms with Gasteiger partial charge in [0.05, 0.1) is 11.8 Å². The maximum atomic E-state index is 12.2. The number of hydrogen-bond donors (Lipinski definition) is 2. The Bertz CT molecular complexity index is 815. The molecule has 3 N–H and O–H groups in total. The van der Waals surface area contributed by atoms with Gasteiger partial charge in [-0.15, -0.1) is 13.2 Å². The minimum absolute atomic E-state index is 0.00339. The smallest absolute Gasteiger partial charge is 0.406 e. The fourth-order valence-electron chi connectivity index (χ4n) is 3.27. The third-order valence-corrected chi connectivity index (χ3v) is 5.33. The quantitative estimate of drug-likeness (QED) is 0.697. The van der Waals surface area contributed by atoms with Crippen LogP contribution in [0.5, 0.6) is 5.75 Å². The number of hydrogen-bond acceptors (Lipinski definition) is 5. The highest BCUT2D eigenvalue weighted by molar-refractivity contribution is 7.85. The van der Waals surface area contributed by atoms with Gasteiger partial charge in [0.1, 0.15) is 5.75 Å². The van der Waals surface area contributed by atoms with Gasteiger partial charge in [0.25, 0.3) is 10.1 Å². The molecule has 2 aliphatic heterocycles. The number of ether oxygens (including phenoxy) is 1. The molecule has 29 heavy (non-hydrogen) atoms. The van der Waals surface area contributed by atoms with Crippen molar-refractivity contribution < 1.29 is 35.7 Å². The summed E-state index contributed by atoms with van der Waals surface area (Å²) < 4.78 is 68.2. The zero-order valence-electron chi connectivity index (χ0n) is 16.0. The summed E-state index contributed by atoms with van der Waals surface area (Å²) >= 11 is 0. The normalized spacial score (nSPS) is 21.9. The highest BCUT2D eigenvalue weighted by Gasteiger charge is 2.43. The molecule has 0 spiro atoms. The van der Waals surface area contributed by atoms with E-state index >= 15 is 0 Å². The van der Waals surface area contributed by atoms with Gasteiger partial charge in [-0.05, 0) is 36.6 Å². The first kappa shape index (κ1) is 23.2. The number of rotatable bonds is 4. The van der Waals surface area contributed by atoms with E-state index in [0.29, 0.717) is 18.8 Å². The van der Waals surface area contributed by atoms with Gasteiger partial charge in [-0.3, -0.25) is 9.45 Å². The number of alkyl halides is 3. The lowest BCUT2D eigenvalue weighted by atomic mass is 10.2. The lowest BCUT2D eigenvalue weighted by Gasteiger charge is -2.18. The summed E-state index contributed by atoms with van der Waals surface area (Å²) in [4.78, 5) is 15.5. The van der Waals surface area contributed by atoms with Crippen molar-refractivity contribution in [3.8, 4) is 5.75 Å². The lowest BCUT2D eigenvalue weighted by Crippen LogP contribution is -2.35. The van der Waals surface area contributed by atoms with Crippen LogP contribution in [0, 0.1) is 5.92 Å². The molecule has 2 amide bonds. The van der Waals surface area contributed by atoms with Crippen LogP contribution in [-0.4, -0.2) is 61.2 Å². The highest BCUT2D eigenvalue weighted by Crippen LogP contribution is 2.31. The average Bonchev–Trinajstić information content (AvgIpc) is 3.03. The Labute approximate surface area is 167 Å². The largest absolute Gasteiger partial charge is 0.573 e. The number of anilines is 1. The number of carbonyl (C=O) groups excluding carboxylic acids is 1. The minimum Gasteiger partial charge on any atom is -0.406 e. The molecule has 1 aromatic carbocycles. The number of urea groups is 1. The Morgan fingerprint density at radius 2 is 1.83 bits per heavy atom. The van der Waals surface area contributed by atoms with Crippen molar-refractivity contribution in [1.29, 1.82) is 0 Å². The van der Waals surface area contributed by atoms with Crippen LogP contribution in [0.15, 0.2) is 24.3 Å². The SMILES string of the molecule is CC(C)CS(=O)(=O)O.N[C@@H]1C[C@H]2CN(c3ccc(OC(F)(F)F)cc3)C(=O)N2C1. The second-order valence-corrected chi connectivity index (χ2v) is 8.88. The number of nitrogens with zero attached hydrogens (tertiary/aromatic N) is 2. The number of nitrogens with two attached hydrogens (primary N) is 1. The fraction of sp³-hybridized carbons (Fsp3) is 0.588. The topological polar surface area (TPSA) is 113 Å². The van der Waals surface area contributed by atoms with Crippen molar-refractivity contribution in [2.45, 2.75) is 38.7 Å². The van der Waals surface area contributed by atoms with Crippen LogP contribution in [0.3, 0.4) is 0 Å². The van der Waals surface area contributed by atoms with Crippen LogP contribution >= 0.6 is 0 Å². The third kappa shape index (κ3) is 7.05. The molecule has 8 nitrogen and oxygen atoms in total. The van der Waals surface area contributed by atoms with Crippen LogP contribution in [0.25, 0.3) is 0 Å². The van der Waals surface area contributed by atoms with Crippen molar-refractivity contribution in [1.82, 2.24) is 4.90 Å². The van der Waals surface area contributed by atoms with E-state index in [-0.39, 0.29) is 35.5 Å². The Kier molecular flexibility index (Phi) is 7.01. The molecule has 0 aliphatic carbocycles. The molecule has 0 radical (unpaired) electrons. The first-order chi connectivity index (χ1) is 13.2. The summed E-state index contributed by atoms with van der Waals surface area (Å²) in [5.41, 5.74) is 6.37. The summed E-state index contributed by atoms with van der Waals surface area (Å²) in [5, 5.41) is 0. The van der Waals surface area contributed by atoms with Gasteiger partial charge in [-0.2, -0.15) is 8.42 Å². The van der Waals surface area contributed by atoms with E-state index in [1.54, 1.807) is 23.6 Å². The van der Waals surface area contributed by atoms with E-state index < -0.39 is 16.5 Å². The highest BCUT2D eigenvalue weighted by atomic mass is 32.2. The minimum atomic E-state index is -4.72. The van der Waals surface area contributed by atoms with Crippen molar-refractivity contribution in [3.05, 3.63) is 24.3 Å². The van der Waals surface area contributed by atoms with Crippen molar-refractivity contribution in [3.63, 3.8) is 0 Å². The van der Waals surface area contributed by atoms with E-state index in [9.17, 15) is 26.4 Å². The first-order valence-corrected chi connectivity index (χ1v) is 10.5. The molecule has 0 saturated carbocycles. The number of fused-ring (bicyclic) bond motifs is 1. The molecule has 1 aromatic rings. The van der Waals surface area contributed by atoms with E-state index in [1.807, 2.05) is 0 Å². The van der Waals surface area contributed by atoms with Gasteiger partial charge in [-0.1, -0.05) is 13.8 Å². The second kappa shape index (κ2) is 8.76. The van der Waals surface area contributed by atoms with Crippen LogP contribution in [0.4, 0.5) is 23.7 Å². The molecular weight excluding hydrogens is 415 g/mol. The van der Waals surface area contributed by atoms with E-state index in [4.69, 9.17) is 10.3 Å². The van der Waals surface area contributed by atoms with Crippen molar-refractivity contribution in [2.75, 3.05) is 23.7 Å². The average molecular weight is 439 g/mol. The van der Waals surface area contributed by atoms with Gasteiger partial charge >= 0.3 is 12.4 Å². The lowest BCUT2D eigenvalue weighted by molar-refractivity contribution is -0.274. The summed E-state index contributed by atoms with van der Waals surface area (Å²) in [6.07, 6.45) is -3.97. The third-order valence-electron chi connectivity index (χ3n) is 4.24. The Morgan fingerprint density at radius 1 is 1.24 bits per heavy atom. The van der Waals surface area contributed by atoms with E-state index in [1.165, 1.54) is 24.3 Å². The molecule has 3 rings (SSSR count). The summed E-state index contributed by atoms with van der Waals surface area (Å²) in [6, 6.07) is 5.22. The fourth-order valence-corrected chi connectivity index (χ4v) is 4.11.